The summed E-state index contributed by atoms with van der Waals surface area (Å²) in [6.07, 6.45) is 1.76. The Morgan fingerprint density at radius 2 is 2.07 bits per heavy atom. The highest BCUT2D eigenvalue weighted by molar-refractivity contribution is 8.02. The molecule has 0 amide bonds. The van der Waals surface area contributed by atoms with E-state index in [0.717, 1.165) is 22.6 Å². The second-order valence-electron chi connectivity index (χ2n) is 6.68. The van der Waals surface area contributed by atoms with E-state index in [9.17, 15) is 4.39 Å². The second-order valence-corrected chi connectivity index (χ2v) is 7.54. The smallest absolute Gasteiger partial charge is 0.192 e. The molecule has 0 saturated carbocycles. The lowest BCUT2D eigenvalue weighted by Gasteiger charge is -2.09. The highest BCUT2D eigenvalue weighted by Gasteiger charge is 2.10. The summed E-state index contributed by atoms with van der Waals surface area (Å²) in [6.45, 7) is 9.64. The van der Waals surface area contributed by atoms with Crippen LogP contribution in [0.5, 0.6) is 0 Å². The van der Waals surface area contributed by atoms with Crippen molar-refractivity contribution in [1.29, 1.82) is 0 Å². The number of aliphatic imine (C=N–C) groups is 1. The van der Waals surface area contributed by atoms with Crippen LogP contribution in [0.3, 0.4) is 0 Å². The number of thioether (sulfide) groups is 1. The average Bonchev–Trinajstić information content (AvgIpc) is 3.06. The summed E-state index contributed by atoms with van der Waals surface area (Å²) in [5.41, 5.74) is 3.77. The Morgan fingerprint density at radius 3 is 2.70 bits per heavy atom. The minimum absolute atomic E-state index is 0.254. The molecule has 0 atom stereocenters. The summed E-state index contributed by atoms with van der Waals surface area (Å²) in [5.74, 6) is 2.33. The first-order valence-corrected chi connectivity index (χ1v) is 10.4. The van der Waals surface area contributed by atoms with E-state index >= 15 is 0 Å². The molecule has 0 aliphatic carbocycles. The molecule has 0 unspecified atom stereocenters. The maximum Gasteiger partial charge on any atom is 0.192 e. The fourth-order valence-electron chi connectivity index (χ4n) is 2.76. The van der Waals surface area contributed by atoms with E-state index in [-0.39, 0.29) is 5.82 Å². The van der Waals surface area contributed by atoms with Gasteiger partial charge in [-0.05, 0) is 49.9 Å². The molecule has 2 heterocycles. The number of pyridine rings is 1. The number of hydrogen-bond acceptors (Lipinski definition) is 7. The molecule has 0 spiro atoms. The van der Waals surface area contributed by atoms with Crippen LogP contribution in [0.4, 0.5) is 15.9 Å². The number of halogens is 1. The number of rotatable bonds is 9. The van der Waals surface area contributed by atoms with Crippen molar-refractivity contribution in [3.05, 3.63) is 76.2 Å². The monoisotopic (exact) mass is 425 g/mol. The molecule has 3 rings (SSSR count). The van der Waals surface area contributed by atoms with Crippen LogP contribution in [0.25, 0.3) is 5.70 Å². The molecule has 0 radical (unpaired) electrons. The SMILES string of the molecule is C=N/C(=C\SCNc1ccc(CNc2ccc(C)cc2F)cn1)c1oc(C)nc1C. The van der Waals surface area contributed by atoms with Crippen molar-refractivity contribution in [1.82, 2.24) is 9.97 Å². The van der Waals surface area contributed by atoms with Gasteiger partial charge in [-0.1, -0.05) is 12.1 Å². The summed E-state index contributed by atoms with van der Waals surface area (Å²) in [7, 11) is 0. The summed E-state index contributed by atoms with van der Waals surface area (Å²) < 4.78 is 19.5. The zero-order valence-corrected chi connectivity index (χ0v) is 18.0. The van der Waals surface area contributed by atoms with Gasteiger partial charge in [-0.3, -0.25) is 4.99 Å². The lowest BCUT2D eigenvalue weighted by atomic mass is 10.2. The van der Waals surface area contributed by atoms with Crippen molar-refractivity contribution in [2.24, 2.45) is 4.99 Å². The van der Waals surface area contributed by atoms with E-state index in [1.807, 2.05) is 37.5 Å². The number of aromatic nitrogens is 2. The number of nitrogens with zero attached hydrogens (tertiary/aromatic N) is 3. The van der Waals surface area contributed by atoms with Crippen molar-refractivity contribution in [3.63, 3.8) is 0 Å². The van der Waals surface area contributed by atoms with Gasteiger partial charge in [0.2, 0.25) is 0 Å². The first kappa shape index (κ1) is 21.6. The van der Waals surface area contributed by atoms with E-state index in [2.05, 4.69) is 32.3 Å². The maximum absolute atomic E-state index is 13.9. The van der Waals surface area contributed by atoms with Crippen LogP contribution in [0, 0.1) is 26.6 Å². The molecular weight excluding hydrogens is 401 g/mol. The highest BCUT2D eigenvalue weighted by Crippen LogP contribution is 2.24. The third-order valence-corrected chi connectivity index (χ3v) is 4.97. The third kappa shape index (κ3) is 5.70. The van der Waals surface area contributed by atoms with Gasteiger partial charge in [0, 0.05) is 25.1 Å². The molecule has 3 aromatic rings. The lowest BCUT2D eigenvalue weighted by molar-refractivity contribution is 0.508. The van der Waals surface area contributed by atoms with Crippen LogP contribution >= 0.6 is 11.8 Å². The maximum atomic E-state index is 13.9. The number of anilines is 2. The van der Waals surface area contributed by atoms with E-state index in [1.165, 1.54) is 17.8 Å². The molecule has 1 aromatic carbocycles. The highest BCUT2D eigenvalue weighted by atomic mass is 32.2. The Morgan fingerprint density at radius 1 is 1.23 bits per heavy atom. The van der Waals surface area contributed by atoms with E-state index in [4.69, 9.17) is 4.42 Å². The Kier molecular flexibility index (Phi) is 7.24. The molecule has 0 fully saturated rings. The second kappa shape index (κ2) is 10.1. The van der Waals surface area contributed by atoms with Crippen LogP contribution in [0.2, 0.25) is 0 Å². The van der Waals surface area contributed by atoms with Crippen LogP contribution in [-0.2, 0) is 6.54 Å². The Hall–Kier alpha value is -3.13. The fraction of sp³-hybridized carbons (Fsp3) is 0.227. The molecule has 0 saturated heterocycles. The number of oxazole rings is 1. The molecule has 2 aromatic heterocycles. The Balaban J connectivity index is 1.49. The standard InChI is InChI=1S/C22H24FN5OS/c1-14-5-7-19(18(23)9-14)25-10-17-6-8-21(26-11-17)27-13-30-12-20(24-4)22-15(2)28-16(3)29-22/h5-9,11-12,25H,4,10,13H2,1-3H3,(H,26,27)/b20-12-. The normalized spacial score (nSPS) is 11.4. The van der Waals surface area contributed by atoms with E-state index in [1.54, 1.807) is 19.2 Å². The number of hydrogen-bond donors (Lipinski definition) is 2. The average molecular weight is 426 g/mol. The van der Waals surface area contributed by atoms with Gasteiger partial charge in [0.25, 0.3) is 0 Å². The number of benzene rings is 1. The van der Waals surface area contributed by atoms with E-state index in [0.29, 0.717) is 35.5 Å². The molecule has 8 heteroatoms. The molecule has 0 bridgehead atoms. The summed E-state index contributed by atoms with van der Waals surface area (Å²) in [5, 5.41) is 8.20. The van der Waals surface area contributed by atoms with Gasteiger partial charge in [0.05, 0.1) is 17.3 Å². The van der Waals surface area contributed by atoms with Crippen molar-refractivity contribution in [3.8, 4) is 0 Å². The first-order chi connectivity index (χ1) is 14.5. The summed E-state index contributed by atoms with van der Waals surface area (Å²) >= 11 is 1.52. The Bertz CT molecular complexity index is 1050. The van der Waals surface area contributed by atoms with Gasteiger partial charge >= 0.3 is 0 Å². The molecule has 0 aliphatic rings. The van der Waals surface area contributed by atoms with Gasteiger partial charge in [-0.2, -0.15) is 0 Å². The van der Waals surface area contributed by atoms with E-state index < -0.39 is 0 Å². The topological polar surface area (TPSA) is 75.3 Å². The van der Waals surface area contributed by atoms with Crippen molar-refractivity contribution >= 4 is 35.7 Å². The summed E-state index contributed by atoms with van der Waals surface area (Å²) in [6, 6.07) is 8.97. The van der Waals surface area contributed by atoms with Crippen LogP contribution in [0.1, 0.15) is 28.5 Å². The predicted molar refractivity (Wildman–Crippen MR) is 122 cm³/mol. The predicted octanol–water partition coefficient (Wildman–Crippen LogP) is 5.55. The van der Waals surface area contributed by atoms with Crippen LogP contribution in [0.15, 0.2) is 51.3 Å². The van der Waals surface area contributed by atoms with Crippen molar-refractivity contribution < 1.29 is 8.81 Å². The molecule has 156 valence electrons. The van der Waals surface area contributed by atoms with Crippen LogP contribution < -0.4 is 10.6 Å². The molecule has 30 heavy (non-hydrogen) atoms. The zero-order chi connectivity index (χ0) is 21.5. The summed E-state index contributed by atoms with van der Waals surface area (Å²) in [4.78, 5) is 12.7. The molecular formula is C22H24FN5OS. The van der Waals surface area contributed by atoms with Gasteiger partial charge < -0.3 is 15.1 Å². The van der Waals surface area contributed by atoms with Gasteiger partial charge in [0.15, 0.2) is 11.7 Å². The van der Waals surface area contributed by atoms with Crippen molar-refractivity contribution in [2.75, 3.05) is 16.5 Å². The first-order valence-electron chi connectivity index (χ1n) is 9.38. The van der Waals surface area contributed by atoms with Gasteiger partial charge in [-0.25, -0.2) is 14.4 Å². The number of nitrogens with one attached hydrogen (secondary N) is 2. The molecule has 0 aliphatic heterocycles. The Labute approximate surface area is 179 Å². The van der Waals surface area contributed by atoms with Gasteiger partial charge in [0.1, 0.15) is 17.3 Å². The quantitative estimate of drug-likeness (QED) is 0.266. The van der Waals surface area contributed by atoms with Crippen molar-refractivity contribution in [2.45, 2.75) is 27.3 Å². The molecule has 2 N–H and O–H groups in total. The fourth-order valence-corrected chi connectivity index (χ4v) is 3.42. The van der Waals surface area contributed by atoms with Crippen LogP contribution in [-0.4, -0.2) is 22.6 Å². The minimum Gasteiger partial charge on any atom is -0.439 e. The minimum atomic E-state index is -0.254. The van der Waals surface area contributed by atoms with Gasteiger partial charge in [-0.15, -0.1) is 11.8 Å². The molecule has 6 nitrogen and oxygen atoms in total. The number of aryl methyl sites for hydroxylation is 3. The largest absolute Gasteiger partial charge is 0.439 e. The zero-order valence-electron chi connectivity index (χ0n) is 17.2. The lowest BCUT2D eigenvalue weighted by Crippen LogP contribution is -2.03. The third-order valence-electron chi connectivity index (χ3n) is 4.27.